The summed E-state index contributed by atoms with van der Waals surface area (Å²) >= 11 is 0. The van der Waals surface area contributed by atoms with Crippen molar-refractivity contribution in [3.63, 3.8) is 0 Å². The molecule has 3 N–H and O–H groups in total. The van der Waals surface area contributed by atoms with Crippen molar-refractivity contribution in [3.8, 4) is 0 Å². The largest absolute Gasteiger partial charge is 0.361 e. The fourth-order valence-electron chi connectivity index (χ4n) is 3.51. The number of aromatic nitrogens is 2. The van der Waals surface area contributed by atoms with E-state index in [1.807, 2.05) is 13.8 Å². The fourth-order valence-corrected chi connectivity index (χ4v) is 3.51. The van der Waals surface area contributed by atoms with E-state index in [9.17, 15) is 0 Å². The van der Waals surface area contributed by atoms with E-state index in [4.69, 9.17) is 9.52 Å². The molecule has 0 saturated carbocycles. The summed E-state index contributed by atoms with van der Waals surface area (Å²) in [6.07, 6.45) is 3.03. The Hall–Kier alpha value is -2.76. The van der Waals surface area contributed by atoms with Crippen molar-refractivity contribution in [1.82, 2.24) is 20.8 Å². The molecule has 2 heterocycles. The number of fused-ring (bicyclic) bond motifs is 1. The zero-order valence-electron chi connectivity index (χ0n) is 16.6. The first kappa shape index (κ1) is 19.0. The van der Waals surface area contributed by atoms with Crippen molar-refractivity contribution in [2.75, 3.05) is 19.6 Å². The third-order valence-corrected chi connectivity index (χ3v) is 4.81. The Morgan fingerprint density at radius 3 is 2.81 bits per heavy atom. The summed E-state index contributed by atoms with van der Waals surface area (Å²) in [5, 5.41) is 12.1. The molecule has 1 unspecified atom stereocenters. The van der Waals surface area contributed by atoms with Gasteiger partial charge in [0.25, 0.3) is 0 Å². The van der Waals surface area contributed by atoms with Crippen LogP contribution in [-0.4, -0.2) is 35.7 Å². The number of rotatable bonds is 7. The van der Waals surface area contributed by atoms with E-state index in [1.165, 1.54) is 16.5 Å². The monoisotopic (exact) mass is 367 g/mol. The van der Waals surface area contributed by atoms with Gasteiger partial charge in [-0.05, 0) is 38.8 Å². The third-order valence-electron chi connectivity index (χ3n) is 4.81. The van der Waals surface area contributed by atoms with E-state index in [0.29, 0.717) is 6.54 Å². The highest BCUT2D eigenvalue weighted by Crippen LogP contribution is 2.23. The molecular formula is C21H29N5O. The Labute approximate surface area is 160 Å². The predicted octanol–water partition coefficient (Wildman–Crippen LogP) is 3.67. The van der Waals surface area contributed by atoms with Crippen molar-refractivity contribution in [2.24, 2.45) is 4.99 Å². The first-order valence-corrected chi connectivity index (χ1v) is 9.60. The molecule has 6 nitrogen and oxygen atoms in total. The topological polar surface area (TPSA) is 78.2 Å². The smallest absolute Gasteiger partial charge is 0.191 e. The highest BCUT2D eigenvalue weighted by molar-refractivity contribution is 5.83. The van der Waals surface area contributed by atoms with Gasteiger partial charge in [-0.15, -0.1) is 0 Å². The lowest BCUT2D eigenvalue weighted by Gasteiger charge is -2.13. The second-order valence-corrected chi connectivity index (χ2v) is 6.89. The second-order valence-electron chi connectivity index (χ2n) is 6.89. The zero-order chi connectivity index (χ0) is 19.2. The maximum atomic E-state index is 5.28. The van der Waals surface area contributed by atoms with Gasteiger partial charge in [-0.3, -0.25) is 4.99 Å². The van der Waals surface area contributed by atoms with Crippen molar-refractivity contribution in [2.45, 2.75) is 40.0 Å². The van der Waals surface area contributed by atoms with Crippen LogP contribution >= 0.6 is 0 Å². The fraction of sp³-hybridized carbons (Fsp3) is 0.429. The number of aliphatic imine (C=N–C) groups is 1. The number of aromatic amines is 1. The number of hydrogen-bond acceptors (Lipinski definition) is 3. The molecule has 2 aromatic heterocycles. The molecule has 1 atom stereocenters. The molecule has 0 amide bonds. The van der Waals surface area contributed by atoms with Gasteiger partial charge in [-0.25, -0.2) is 0 Å². The molecular weight excluding hydrogens is 338 g/mol. The molecule has 0 spiro atoms. The van der Waals surface area contributed by atoms with Crippen LogP contribution in [0.15, 0.2) is 40.0 Å². The lowest BCUT2D eigenvalue weighted by Crippen LogP contribution is -2.38. The van der Waals surface area contributed by atoms with Crippen molar-refractivity contribution >= 4 is 16.9 Å². The first-order valence-electron chi connectivity index (χ1n) is 9.60. The standard InChI is InChI=1S/C21H29N5O/c1-5-22-21(25-12-14(2)20-15(3)26-27-16(20)4)23-11-10-17-13-24-19-9-7-6-8-18(17)19/h6-9,13-14,24H,5,10-12H2,1-4H3,(H2,22,23,25). The molecule has 0 aliphatic heterocycles. The number of guanidine groups is 1. The van der Waals surface area contributed by atoms with Gasteiger partial charge in [0, 0.05) is 48.2 Å². The van der Waals surface area contributed by atoms with E-state index < -0.39 is 0 Å². The summed E-state index contributed by atoms with van der Waals surface area (Å²) in [6, 6.07) is 8.39. The van der Waals surface area contributed by atoms with Crippen molar-refractivity contribution in [3.05, 3.63) is 53.0 Å². The number of nitrogens with one attached hydrogen (secondary N) is 3. The van der Waals surface area contributed by atoms with Crippen molar-refractivity contribution in [1.29, 1.82) is 0 Å². The van der Waals surface area contributed by atoms with Crippen LogP contribution < -0.4 is 10.6 Å². The number of nitrogens with zero attached hydrogens (tertiary/aromatic N) is 2. The van der Waals surface area contributed by atoms with Gasteiger partial charge in [-0.1, -0.05) is 30.3 Å². The average Bonchev–Trinajstić information content (AvgIpc) is 3.22. The van der Waals surface area contributed by atoms with E-state index >= 15 is 0 Å². The maximum absolute atomic E-state index is 5.28. The number of H-pyrrole nitrogens is 1. The molecule has 0 aliphatic rings. The van der Waals surface area contributed by atoms with Crippen LogP contribution in [0.3, 0.4) is 0 Å². The minimum atomic E-state index is 0.264. The highest BCUT2D eigenvalue weighted by atomic mass is 16.5. The van der Waals surface area contributed by atoms with E-state index in [2.05, 4.69) is 65.1 Å². The number of benzene rings is 1. The van der Waals surface area contributed by atoms with Crippen LogP contribution in [0.5, 0.6) is 0 Å². The Morgan fingerprint density at radius 1 is 1.26 bits per heavy atom. The van der Waals surface area contributed by atoms with Gasteiger partial charge >= 0.3 is 0 Å². The van der Waals surface area contributed by atoms with E-state index in [1.54, 1.807) is 0 Å². The minimum absolute atomic E-state index is 0.264. The average molecular weight is 367 g/mol. The Kier molecular flexibility index (Phi) is 6.16. The van der Waals surface area contributed by atoms with Crippen LogP contribution in [0.4, 0.5) is 0 Å². The van der Waals surface area contributed by atoms with Crippen LogP contribution in [0.25, 0.3) is 10.9 Å². The molecule has 1 aromatic carbocycles. The Balaban J connectivity index is 1.59. The first-order chi connectivity index (χ1) is 13.1. The molecule has 144 valence electrons. The Bertz CT molecular complexity index is 889. The molecule has 0 saturated heterocycles. The Morgan fingerprint density at radius 2 is 2.07 bits per heavy atom. The lowest BCUT2D eigenvalue weighted by atomic mass is 10.00. The van der Waals surface area contributed by atoms with Crippen molar-refractivity contribution < 1.29 is 4.52 Å². The molecule has 0 fully saturated rings. The molecule has 0 bridgehead atoms. The number of hydrogen-bond donors (Lipinski definition) is 3. The lowest BCUT2D eigenvalue weighted by molar-refractivity contribution is 0.391. The molecule has 0 aliphatic carbocycles. The SMILES string of the molecule is CCNC(=NCC(C)c1c(C)noc1C)NCCc1c[nH]c2ccccc12. The molecule has 0 radical (unpaired) electrons. The van der Waals surface area contributed by atoms with Gasteiger partial charge < -0.3 is 20.1 Å². The summed E-state index contributed by atoms with van der Waals surface area (Å²) in [5.74, 6) is 1.99. The van der Waals surface area contributed by atoms with Gasteiger partial charge in [0.1, 0.15) is 5.76 Å². The zero-order valence-corrected chi connectivity index (χ0v) is 16.6. The van der Waals surface area contributed by atoms with Gasteiger partial charge in [-0.2, -0.15) is 0 Å². The van der Waals surface area contributed by atoms with Crippen LogP contribution in [0.1, 0.15) is 42.3 Å². The summed E-state index contributed by atoms with van der Waals surface area (Å²) in [4.78, 5) is 8.08. The van der Waals surface area contributed by atoms with Crippen LogP contribution in [-0.2, 0) is 6.42 Å². The molecule has 6 heteroatoms. The summed E-state index contributed by atoms with van der Waals surface area (Å²) in [5.41, 5.74) is 4.61. The van der Waals surface area contributed by atoms with Gasteiger partial charge in [0.2, 0.25) is 0 Å². The summed E-state index contributed by atoms with van der Waals surface area (Å²) in [7, 11) is 0. The molecule has 3 aromatic rings. The van der Waals surface area contributed by atoms with Gasteiger partial charge in [0.05, 0.1) is 5.69 Å². The third kappa shape index (κ3) is 4.51. The van der Waals surface area contributed by atoms with E-state index in [-0.39, 0.29) is 5.92 Å². The molecule has 27 heavy (non-hydrogen) atoms. The quantitative estimate of drug-likeness (QED) is 0.440. The molecule has 3 rings (SSSR count). The van der Waals surface area contributed by atoms with Crippen LogP contribution in [0, 0.1) is 13.8 Å². The number of aryl methyl sites for hydroxylation is 2. The highest BCUT2D eigenvalue weighted by Gasteiger charge is 2.16. The van der Waals surface area contributed by atoms with E-state index in [0.717, 1.165) is 42.5 Å². The van der Waals surface area contributed by atoms with Gasteiger partial charge in [0.15, 0.2) is 5.96 Å². The predicted molar refractivity (Wildman–Crippen MR) is 110 cm³/mol. The minimum Gasteiger partial charge on any atom is -0.361 e. The maximum Gasteiger partial charge on any atom is 0.191 e. The summed E-state index contributed by atoms with van der Waals surface area (Å²) in [6.45, 7) is 10.5. The van der Waals surface area contributed by atoms with Crippen LogP contribution in [0.2, 0.25) is 0 Å². The normalized spacial score (nSPS) is 13.1. The summed E-state index contributed by atoms with van der Waals surface area (Å²) < 4.78 is 5.28. The number of para-hydroxylation sites is 1. The second kappa shape index (κ2) is 8.75.